The van der Waals surface area contributed by atoms with E-state index in [-0.39, 0.29) is 5.91 Å². The van der Waals surface area contributed by atoms with Crippen molar-refractivity contribution in [1.82, 2.24) is 10.2 Å². The Balaban J connectivity index is 2.09. The number of fused-ring (bicyclic) bond motifs is 1. The molecule has 0 radical (unpaired) electrons. The summed E-state index contributed by atoms with van der Waals surface area (Å²) in [5, 5.41) is 6.70. The Morgan fingerprint density at radius 3 is 3.00 bits per heavy atom. The number of halogens is 1. The van der Waals surface area contributed by atoms with Crippen LogP contribution in [0.15, 0.2) is 24.3 Å². The lowest BCUT2D eigenvalue weighted by molar-refractivity contribution is -0.111. The van der Waals surface area contributed by atoms with Gasteiger partial charge in [0.2, 0.25) is 5.91 Å². The predicted octanol–water partition coefficient (Wildman–Crippen LogP) is 2.00. The molecule has 0 aromatic heterocycles. The number of hydrogen-bond acceptors (Lipinski definition) is 3. The van der Waals surface area contributed by atoms with E-state index in [9.17, 15) is 4.79 Å². The molecule has 1 aliphatic rings. The van der Waals surface area contributed by atoms with E-state index < -0.39 is 0 Å². The van der Waals surface area contributed by atoms with Gasteiger partial charge in [0.05, 0.1) is 10.7 Å². The predicted molar refractivity (Wildman–Crippen MR) is 78.3 cm³/mol. The number of nitrogens with zero attached hydrogens (tertiary/aromatic N) is 1. The molecule has 2 rings (SSSR count). The molecule has 0 unspecified atom stereocenters. The highest BCUT2D eigenvalue weighted by atomic mass is 35.5. The molecule has 4 nitrogen and oxygen atoms in total. The Labute approximate surface area is 118 Å². The van der Waals surface area contributed by atoms with E-state index in [1.54, 1.807) is 0 Å². The van der Waals surface area contributed by atoms with Crippen LogP contribution in [-0.2, 0) is 17.9 Å². The van der Waals surface area contributed by atoms with E-state index in [1.807, 2.05) is 37.2 Å². The van der Waals surface area contributed by atoms with Crippen LogP contribution in [0.3, 0.4) is 0 Å². The molecule has 0 atom stereocenters. The second-order valence-electron chi connectivity index (χ2n) is 4.82. The summed E-state index contributed by atoms with van der Waals surface area (Å²) < 4.78 is 0. The fraction of sp³-hybridized carbons (Fsp3) is 0.357. The summed E-state index contributed by atoms with van der Waals surface area (Å²) in [5.74, 6) is -0.149. The highest BCUT2D eigenvalue weighted by Gasteiger charge is 2.17. The molecule has 0 fully saturated rings. The van der Waals surface area contributed by atoms with Gasteiger partial charge in [0, 0.05) is 25.7 Å². The molecule has 0 saturated heterocycles. The first-order valence-corrected chi connectivity index (χ1v) is 6.59. The molecule has 1 aromatic carbocycles. The molecule has 0 aliphatic carbocycles. The number of benzene rings is 1. The largest absolute Gasteiger partial charge is 0.321 e. The van der Waals surface area contributed by atoms with E-state index in [4.69, 9.17) is 11.6 Å². The van der Waals surface area contributed by atoms with Crippen LogP contribution in [0.2, 0.25) is 5.02 Å². The molecular formula is C14H18ClN3O. The third kappa shape index (κ3) is 3.56. The van der Waals surface area contributed by atoms with E-state index in [0.29, 0.717) is 5.02 Å². The van der Waals surface area contributed by atoms with E-state index >= 15 is 0 Å². The summed E-state index contributed by atoms with van der Waals surface area (Å²) >= 11 is 6.16. The first-order chi connectivity index (χ1) is 9.08. The van der Waals surface area contributed by atoms with Gasteiger partial charge in [-0.15, -0.1) is 0 Å². The van der Waals surface area contributed by atoms with Gasteiger partial charge >= 0.3 is 0 Å². The highest BCUT2D eigenvalue weighted by Crippen LogP contribution is 2.31. The third-order valence-electron chi connectivity index (χ3n) is 2.96. The molecule has 102 valence electrons. The average molecular weight is 280 g/mol. The van der Waals surface area contributed by atoms with E-state index in [1.165, 1.54) is 11.6 Å². The van der Waals surface area contributed by atoms with Crippen LogP contribution in [0.4, 0.5) is 5.69 Å². The maximum atomic E-state index is 11.9. The Bertz CT molecular complexity index is 512. The molecule has 5 heteroatoms. The minimum absolute atomic E-state index is 0.149. The minimum atomic E-state index is -0.149. The summed E-state index contributed by atoms with van der Waals surface area (Å²) in [6.45, 7) is 2.30. The average Bonchev–Trinajstić information content (AvgIpc) is 2.81. The molecule has 0 spiro atoms. The number of rotatable bonds is 4. The molecule has 0 saturated carbocycles. The third-order valence-corrected chi connectivity index (χ3v) is 3.28. The Hall–Kier alpha value is -1.36. The second-order valence-corrected chi connectivity index (χ2v) is 5.22. The van der Waals surface area contributed by atoms with Gasteiger partial charge < -0.3 is 15.5 Å². The number of hydrogen-bond donors (Lipinski definition) is 2. The Morgan fingerprint density at radius 2 is 2.26 bits per heavy atom. The monoisotopic (exact) mass is 279 g/mol. The summed E-state index contributed by atoms with van der Waals surface area (Å²) in [5.41, 5.74) is 3.00. The molecule has 2 N–H and O–H groups in total. The molecule has 1 aliphatic heterocycles. The van der Waals surface area contributed by atoms with Crippen LogP contribution < -0.4 is 10.6 Å². The van der Waals surface area contributed by atoms with Crippen LogP contribution in [0.25, 0.3) is 0 Å². The van der Waals surface area contributed by atoms with Crippen molar-refractivity contribution >= 4 is 23.2 Å². The zero-order valence-corrected chi connectivity index (χ0v) is 11.9. The smallest absolute Gasteiger partial charge is 0.248 e. The van der Waals surface area contributed by atoms with Crippen molar-refractivity contribution in [2.45, 2.75) is 13.1 Å². The summed E-state index contributed by atoms with van der Waals surface area (Å²) in [6.07, 6.45) is 3.36. The maximum Gasteiger partial charge on any atom is 0.248 e. The van der Waals surface area contributed by atoms with Crippen molar-refractivity contribution < 1.29 is 4.79 Å². The molecule has 1 amide bonds. The zero-order chi connectivity index (χ0) is 13.8. The lowest BCUT2D eigenvalue weighted by atomic mass is 10.1. The number of carbonyl (C=O) groups excluding carboxylic acids is 1. The lowest BCUT2D eigenvalue weighted by Crippen LogP contribution is -2.14. The van der Waals surface area contributed by atoms with Crippen LogP contribution in [0.5, 0.6) is 0 Å². The van der Waals surface area contributed by atoms with Crippen LogP contribution in [-0.4, -0.2) is 31.4 Å². The molecule has 1 aromatic rings. The molecule has 1 heterocycles. The van der Waals surface area contributed by atoms with E-state index in [2.05, 4.69) is 10.6 Å². The van der Waals surface area contributed by atoms with Crippen molar-refractivity contribution in [3.63, 3.8) is 0 Å². The van der Waals surface area contributed by atoms with Crippen molar-refractivity contribution in [2.24, 2.45) is 0 Å². The van der Waals surface area contributed by atoms with E-state index in [0.717, 1.165) is 30.9 Å². The van der Waals surface area contributed by atoms with Crippen LogP contribution >= 0.6 is 11.6 Å². The van der Waals surface area contributed by atoms with Crippen molar-refractivity contribution in [2.75, 3.05) is 26.0 Å². The topological polar surface area (TPSA) is 44.4 Å². The number of nitrogens with one attached hydrogen (secondary N) is 2. The normalized spacial score (nSPS) is 14.1. The standard InChI is InChI=1S/C14H18ClN3O/c1-18(2)7-3-4-13(19)17-14-11-9-16-8-10(11)5-6-12(14)15/h3-6,16H,7-9H2,1-2H3,(H,17,19)/b4-3+. The van der Waals surface area contributed by atoms with Crippen LogP contribution in [0, 0.1) is 0 Å². The Morgan fingerprint density at radius 1 is 1.47 bits per heavy atom. The second kappa shape index (κ2) is 6.19. The first-order valence-electron chi connectivity index (χ1n) is 6.21. The number of likely N-dealkylation sites (N-methyl/N-ethyl adjacent to an activating group) is 1. The number of carbonyl (C=O) groups is 1. The van der Waals surface area contributed by atoms with Gasteiger partial charge in [-0.2, -0.15) is 0 Å². The van der Waals surface area contributed by atoms with Gasteiger partial charge in [0.1, 0.15) is 0 Å². The van der Waals surface area contributed by atoms with Gasteiger partial charge in [-0.1, -0.05) is 23.7 Å². The lowest BCUT2D eigenvalue weighted by Gasteiger charge is -2.10. The summed E-state index contributed by atoms with van der Waals surface area (Å²) in [6, 6.07) is 3.82. The van der Waals surface area contributed by atoms with Gasteiger partial charge in [-0.25, -0.2) is 0 Å². The molecule has 19 heavy (non-hydrogen) atoms. The highest BCUT2D eigenvalue weighted by molar-refractivity contribution is 6.34. The SMILES string of the molecule is CN(C)C/C=C/C(=O)Nc1c(Cl)ccc2c1CNC2. The summed E-state index contributed by atoms with van der Waals surface area (Å²) in [4.78, 5) is 13.8. The fourth-order valence-electron chi connectivity index (χ4n) is 2.02. The fourth-order valence-corrected chi connectivity index (χ4v) is 2.25. The quantitative estimate of drug-likeness (QED) is 0.829. The number of amides is 1. The first kappa shape index (κ1) is 14.1. The van der Waals surface area contributed by atoms with Crippen molar-refractivity contribution in [1.29, 1.82) is 0 Å². The van der Waals surface area contributed by atoms with Gasteiger partial charge in [0.25, 0.3) is 0 Å². The van der Waals surface area contributed by atoms with Crippen LogP contribution in [0.1, 0.15) is 11.1 Å². The van der Waals surface area contributed by atoms with Gasteiger partial charge in [0.15, 0.2) is 0 Å². The maximum absolute atomic E-state index is 11.9. The Kier molecular flexibility index (Phi) is 4.58. The summed E-state index contributed by atoms with van der Waals surface area (Å²) in [7, 11) is 3.91. The van der Waals surface area contributed by atoms with Gasteiger partial charge in [-0.3, -0.25) is 4.79 Å². The van der Waals surface area contributed by atoms with Crippen molar-refractivity contribution in [3.05, 3.63) is 40.4 Å². The molecular weight excluding hydrogens is 262 g/mol. The van der Waals surface area contributed by atoms with Crippen molar-refractivity contribution in [3.8, 4) is 0 Å². The van der Waals surface area contributed by atoms with Gasteiger partial charge in [-0.05, 0) is 31.3 Å². The molecule has 0 bridgehead atoms. The minimum Gasteiger partial charge on any atom is -0.321 e. The zero-order valence-electron chi connectivity index (χ0n) is 11.2. The number of anilines is 1.